The zero-order chi connectivity index (χ0) is 24.7. The fourth-order valence-electron chi connectivity index (χ4n) is 3.68. The van der Waals surface area contributed by atoms with E-state index in [0.717, 1.165) is 23.6 Å². The Labute approximate surface area is 195 Å². The molecule has 0 radical (unpaired) electrons. The quantitative estimate of drug-likeness (QED) is 0.516. The van der Waals surface area contributed by atoms with E-state index in [-0.39, 0.29) is 23.4 Å². The second-order valence-electron chi connectivity index (χ2n) is 7.94. The van der Waals surface area contributed by atoms with Crippen LogP contribution in [0.15, 0.2) is 47.4 Å². The lowest BCUT2D eigenvalue weighted by atomic mass is 10.0. The Morgan fingerprint density at radius 1 is 1.15 bits per heavy atom. The number of rotatable bonds is 3. The van der Waals surface area contributed by atoms with Crippen molar-refractivity contribution in [3.05, 3.63) is 70.5 Å². The second-order valence-corrected chi connectivity index (χ2v) is 9.96. The minimum Gasteiger partial charge on any atom is -0.496 e. The van der Waals surface area contributed by atoms with Crippen LogP contribution < -0.4 is 4.74 Å². The lowest BCUT2D eigenvalue weighted by molar-refractivity contribution is -0.138. The molecule has 1 aliphatic rings. The number of hydrogen-bond donors (Lipinski definition) is 0. The highest BCUT2D eigenvalue weighted by Gasteiger charge is 2.35. The van der Waals surface area contributed by atoms with Gasteiger partial charge in [0.25, 0.3) is 0 Å². The van der Waals surface area contributed by atoms with Crippen molar-refractivity contribution in [2.75, 3.05) is 13.4 Å². The maximum atomic E-state index is 13.3. The van der Waals surface area contributed by atoms with E-state index in [1.807, 2.05) is 6.92 Å². The number of aromatic nitrogens is 2. The largest absolute Gasteiger partial charge is 0.496 e. The predicted molar refractivity (Wildman–Crippen MR) is 119 cm³/mol. The molecule has 1 aromatic heterocycles. The van der Waals surface area contributed by atoms with Gasteiger partial charge in [0.15, 0.2) is 9.84 Å². The molecule has 0 bridgehead atoms. The SMILES string of the molecule is COc1cc(-n2nc(C#Cc3ccc(S(C)(=O)=O)cc3)c3c2C[C@H](C)OC3)ccc1C(F)(F)F. The van der Waals surface area contributed by atoms with Gasteiger partial charge in [-0.15, -0.1) is 0 Å². The number of alkyl halides is 3. The highest BCUT2D eigenvalue weighted by molar-refractivity contribution is 7.90. The number of hydrogen-bond acceptors (Lipinski definition) is 5. The number of ether oxygens (including phenoxy) is 2. The van der Waals surface area contributed by atoms with Crippen LogP contribution in [0.1, 0.15) is 35.0 Å². The van der Waals surface area contributed by atoms with Crippen LogP contribution in [0.2, 0.25) is 0 Å². The molecule has 2 aromatic carbocycles. The van der Waals surface area contributed by atoms with Gasteiger partial charge < -0.3 is 9.47 Å². The number of sulfone groups is 1. The van der Waals surface area contributed by atoms with Crippen LogP contribution in [0.25, 0.3) is 5.69 Å². The minimum absolute atomic E-state index is 0.0939. The third-order valence-electron chi connectivity index (χ3n) is 5.43. The summed E-state index contributed by atoms with van der Waals surface area (Å²) >= 11 is 0. The topological polar surface area (TPSA) is 70.4 Å². The van der Waals surface area contributed by atoms with E-state index in [9.17, 15) is 21.6 Å². The summed E-state index contributed by atoms with van der Waals surface area (Å²) in [7, 11) is -2.12. The molecule has 1 atom stereocenters. The number of nitrogens with zero attached hydrogens (tertiary/aromatic N) is 2. The van der Waals surface area contributed by atoms with Crippen LogP contribution in [-0.4, -0.2) is 37.7 Å². The van der Waals surface area contributed by atoms with E-state index < -0.39 is 21.6 Å². The number of fused-ring (bicyclic) bond motifs is 1. The van der Waals surface area contributed by atoms with Crippen LogP contribution in [0.4, 0.5) is 13.2 Å². The average molecular weight is 491 g/mol. The van der Waals surface area contributed by atoms with Gasteiger partial charge in [0, 0.05) is 29.9 Å². The summed E-state index contributed by atoms with van der Waals surface area (Å²) in [5.74, 6) is 5.66. The average Bonchev–Trinajstić information content (AvgIpc) is 3.14. The van der Waals surface area contributed by atoms with E-state index in [1.54, 1.807) is 16.8 Å². The van der Waals surface area contributed by atoms with Crippen LogP contribution in [0, 0.1) is 11.8 Å². The monoisotopic (exact) mass is 490 g/mol. The Kier molecular flexibility index (Phi) is 6.18. The van der Waals surface area contributed by atoms with Gasteiger partial charge in [0.05, 0.1) is 41.7 Å². The molecule has 34 heavy (non-hydrogen) atoms. The first kappa shape index (κ1) is 23.9. The van der Waals surface area contributed by atoms with Gasteiger partial charge in [-0.3, -0.25) is 0 Å². The lowest BCUT2D eigenvalue weighted by Gasteiger charge is -2.21. The minimum atomic E-state index is -4.54. The van der Waals surface area contributed by atoms with E-state index in [2.05, 4.69) is 16.9 Å². The van der Waals surface area contributed by atoms with Crippen LogP contribution in [0.5, 0.6) is 5.75 Å². The van der Waals surface area contributed by atoms with Gasteiger partial charge in [-0.1, -0.05) is 5.92 Å². The zero-order valence-corrected chi connectivity index (χ0v) is 19.4. The molecule has 0 N–H and O–H groups in total. The molecule has 6 nitrogen and oxygen atoms in total. The van der Waals surface area contributed by atoms with Crippen molar-refractivity contribution < 1.29 is 31.1 Å². The molecule has 3 aromatic rings. The van der Waals surface area contributed by atoms with E-state index in [4.69, 9.17) is 9.47 Å². The van der Waals surface area contributed by atoms with E-state index in [0.29, 0.717) is 23.4 Å². The molecule has 0 saturated carbocycles. The molecule has 10 heteroatoms. The van der Waals surface area contributed by atoms with Gasteiger partial charge in [0.2, 0.25) is 0 Å². The van der Waals surface area contributed by atoms with Gasteiger partial charge in [0.1, 0.15) is 11.4 Å². The molecule has 178 valence electrons. The maximum absolute atomic E-state index is 13.3. The molecule has 0 aliphatic carbocycles. The summed E-state index contributed by atoms with van der Waals surface area (Å²) in [4.78, 5) is 0.193. The fraction of sp³-hybridized carbons (Fsp3) is 0.292. The van der Waals surface area contributed by atoms with Gasteiger partial charge >= 0.3 is 6.18 Å². The molecular formula is C24H21F3N2O4S. The Hall–Kier alpha value is -3.29. The summed E-state index contributed by atoms with van der Waals surface area (Å²) in [6.07, 6.45) is -3.00. The molecule has 0 amide bonds. The highest BCUT2D eigenvalue weighted by Crippen LogP contribution is 2.37. The van der Waals surface area contributed by atoms with E-state index >= 15 is 0 Å². The number of halogens is 3. The summed E-state index contributed by atoms with van der Waals surface area (Å²) in [5, 5.41) is 4.57. The van der Waals surface area contributed by atoms with Crippen molar-refractivity contribution in [1.82, 2.24) is 9.78 Å². The molecule has 0 fully saturated rings. The smallest absolute Gasteiger partial charge is 0.419 e. The normalized spacial score (nSPS) is 15.9. The Morgan fingerprint density at radius 2 is 1.85 bits per heavy atom. The van der Waals surface area contributed by atoms with E-state index in [1.165, 1.54) is 31.4 Å². The number of benzene rings is 2. The molecular weight excluding hydrogens is 469 g/mol. The predicted octanol–water partition coefficient (Wildman–Crippen LogP) is 4.16. The first-order valence-electron chi connectivity index (χ1n) is 10.3. The highest BCUT2D eigenvalue weighted by atomic mass is 32.2. The molecule has 4 rings (SSSR count). The van der Waals surface area contributed by atoms with Crippen molar-refractivity contribution in [3.8, 4) is 23.3 Å². The first-order chi connectivity index (χ1) is 16.0. The molecule has 2 heterocycles. The lowest BCUT2D eigenvalue weighted by Crippen LogP contribution is -2.21. The zero-order valence-electron chi connectivity index (χ0n) is 18.6. The molecule has 0 saturated heterocycles. The van der Waals surface area contributed by atoms with Gasteiger partial charge in [-0.2, -0.15) is 18.3 Å². The van der Waals surface area contributed by atoms with Crippen molar-refractivity contribution >= 4 is 9.84 Å². The maximum Gasteiger partial charge on any atom is 0.419 e. The summed E-state index contributed by atoms with van der Waals surface area (Å²) in [6, 6.07) is 9.79. The van der Waals surface area contributed by atoms with Gasteiger partial charge in [-0.05, 0) is 49.2 Å². The standard InChI is InChI=1S/C24H21F3N2O4S/c1-15-12-22-19(14-33-15)21(11-6-16-4-8-18(9-5-16)34(3,30)31)28-29(22)17-7-10-20(24(25,26)27)23(13-17)32-2/h4-5,7-10,13,15H,12,14H2,1-3H3/t15-/m0/s1. The van der Waals surface area contributed by atoms with Crippen LogP contribution >= 0.6 is 0 Å². The second kappa shape index (κ2) is 8.81. The molecule has 0 unspecified atom stereocenters. The van der Waals surface area contributed by atoms with Crippen molar-refractivity contribution in [3.63, 3.8) is 0 Å². The summed E-state index contributed by atoms with van der Waals surface area (Å²) in [6.45, 7) is 2.17. The third kappa shape index (κ3) is 4.81. The Balaban J connectivity index is 1.76. The van der Waals surface area contributed by atoms with Crippen LogP contribution in [-0.2, 0) is 33.8 Å². The Morgan fingerprint density at radius 3 is 2.47 bits per heavy atom. The fourth-order valence-corrected chi connectivity index (χ4v) is 4.31. The van der Waals surface area contributed by atoms with Crippen molar-refractivity contribution in [1.29, 1.82) is 0 Å². The number of methoxy groups -OCH3 is 1. The first-order valence-corrected chi connectivity index (χ1v) is 12.2. The van der Waals surface area contributed by atoms with Crippen molar-refractivity contribution in [2.45, 2.75) is 37.1 Å². The third-order valence-corrected chi connectivity index (χ3v) is 6.55. The van der Waals surface area contributed by atoms with Crippen LogP contribution in [0.3, 0.4) is 0 Å². The molecule has 0 spiro atoms. The van der Waals surface area contributed by atoms with Crippen molar-refractivity contribution in [2.24, 2.45) is 0 Å². The summed E-state index contributed by atoms with van der Waals surface area (Å²) in [5.41, 5.74) is 2.15. The van der Waals surface area contributed by atoms with Gasteiger partial charge in [-0.25, -0.2) is 13.1 Å². The molecule has 1 aliphatic heterocycles. The Bertz CT molecular complexity index is 1400. The summed E-state index contributed by atoms with van der Waals surface area (Å²) < 4.78 is 75.4.